The van der Waals surface area contributed by atoms with Gasteiger partial charge < -0.3 is 13.9 Å². The molecule has 0 saturated carbocycles. The van der Waals surface area contributed by atoms with E-state index in [0.29, 0.717) is 31.3 Å². The molecule has 1 saturated heterocycles. The van der Waals surface area contributed by atoms with Crippen LogP contribution in [0, 0.1) is 5.92 Å². The number of carbonyl (C=O) groups is 1. The highest BCUT2D eigenvalue weighted by atomic mass is 32.1. The lowest BCUT2D eigenvalue weighted by molar-refractivity contribution is 0.0564. The molecule has 2 atom stereocenters. The Labute approximate surface area is 154 Å². The number of amides is 1. The molecule has 0 aromatic carbocycles. The lowest BCUT2D eigenvalue weighted by Gasteiger charge is -2.43. The fourth-order valence-electron chi connectivity index (χ4n) is 4.38. The van der Waals surface area contributed by atoms with Gasteiger partial charge in [-0.1, -0.05) is 6.07 Å². The zero-order valence-corrected chi connectivity index (χ0v) is 14.9. The quantitative estimate of drug-likeness (QED) is 0.698. The van der Waals surface area contributed by atoms with Crippen LogP contribution in [0.1, 0.15) is 28.6 Å². The summed E-state index contributed by atoms with van der Waals surface area (Å²) in [5.74, 6) is 0.798. The Bertz CT molecular complexity index is 1000. The molecule has 2 aliphatic rings. The minimum atomic E-state index is -0.0610. The van der Waals surface area contributed by atoms with Gasteiger partial charge in [-0.25, -0.2) is 0 Å². The third kappa shape index (κ3) is 2.44. The summed E-state index contributed by atoms with van der Waals surface area (Å²) >= 11 is 1.68. The van der Waals surface area contributed by atoms with Crippen molar-refractivity contribution in [1.82, 2.24) is 9.47 Å². The molecule has 1 amide bonds. The van der Waals surface area contributed by atoms with Gasteiger partial charge in [0.2, 0.25) is 0 Å². The molecule has 5 rings (SSSR count). The molecule has 0 spiro atoms. The number of pyridine rings is 1. The first kappa shape index (κ1) is 15.6. The Balaban J connectivity index is 1.56. The smallest absolute Gasteiger partial charge is 0.289 e. The number of piperidine rings is 1. The molecule has 0 N–H and O–H groups in total. The van der Waals surface area contributed by atoms with Crippen molar-refractivity contribution in [2.45, 2.75) is 18.9 Å². The molecule has 3 aromatic rings. The van der Waals surface area contributed by atoms with Gasteiger partial charge in [-0.05, 0) is 42.0 Å². The van der Waals surface area contributed by atoms with Crippen molar-refractivity contribution in [3.63, 3.8) is 0 Å². The largest absolute Gasteiger partial charge is 0.459 e. The Morgan fingerprint density at radius 3 is 2.81 bits per heavy atom. The van der Waals surface area contributed by atoms with E-state index >= 15 is 0 Å². The molecular formula is C20H18N2O3S. The molecule has 5 heterocycles. The number of thiophene rings is 1. The number of likely N-dealkylation sites (tertiary alicyclic amines) is 1. The van der Waals surface area contributed by atoms with Gasteiger partial charge in [-0.15, -0.1) is 11.3 Å². The normalized spacial score (nSPS) is 21.5. The van der Waals surface area contributed by atoms with Crippen LogP contribution in [0.15, 0.2) is 57.3 Å². The standard InChI is InChI=1S/C20H18N2O3S/c23-18-6-5-15(17-4-2-8-26-17)19-14-9-13(11-22(18)19)10-21(12-14)20(24)16-3-1-7-25-16/h1-8,13-14H,9-12H2/t13-,14+/m0/s1. The number of hydrogen-bond donors (Lipinski definition) is 0. The third-order valence-electron chi connectivity index (χ3n) is 5.40. The fraction of sp³-hybridized carbons (Fsp3) is 0.300. The van der Waals surface area contributed by atoms with E-state index in [2.05, 4.69) is 11.4 Å². The molecule has 2 aliphatic heterocycles. The van der Waals surface area contributed by atoms with Crippen LogP contribution in [-0.4, -0.2) is 28.5 Å². The van der Waals surface area contributed by atoms with Gasteiger partial charge in [0, 0.05) is 47.8 Å². The van der Waals surface area contributed by atoms with Crippen molar-refractivity contribution in [1.29, 1.82) is 0 Å². The van der Waals surface area contributed by atoms with Crippen LogP contribution in [0.2, 0.25) is 0 Å². The van der Waals surface area contributed by atoms with Crippen LogP contribution < -0.4 is 5.56 Å². The number of nitrogens with zero attached hydrogens (tertiary/aromatic N) is 2. The minimum Gasteiger partial charge on any atom is -0.459 e. The Morgan fingerprint density at radius 1 is 1.12 bits per heavy atom. The van der Waals surface area contributed by atoms with Crippen molar-refractivity contribution in [2.24, 2.45) is 5.92 Å². The zero-order valence-electron chi connectivity index (χ0n) is 14.1. The molecule has 0 aliphatic carbocycles. The summed E-state index contributed by atoms with van der Waals surface area (Å²) < 4.78 is 7.23. The second-order valence-electron chi connectivity index (χ2n) is 7.04. The Kier molecular flexibility index (Phi) is 3.60. The summed E-state index contributed by atoms with van der Waals surface area (Å²) in [6, 6.07) is 11.2. The van der Waals surface area contributed by atoms with Crippen LogP contribution in [0.4, 0.5) is 0 Å². The first-order valence-electron chi connectivity index (χ1n) is 8.81. The van der Waals surface area contributed by atoms with Crippen molar-refractivity contribution in [3.05, 3.63) is 69.8 Å². The maximum absolute atomic E-state index is 12.8. The summed E-state index contributed by atoms with van der Waals surface area (Å²) in [5, 5.41) is 2.05. The molecule has 0 unspecified atom stereocenters. The van der Waals surface area contributed by atoms with E-state index < -0.39 is 0 Å². The molecule has 3 aromatic heterocycles. The van der Waals surface area contributed by atoms with Crippen LogP contribution in [-0.2, 0) is 6.54 Å². The van der Waals surface area contributed by atoms with Gasteiger partial charge >= 0.3 is 0 Å². The SMILES string of the molecule is O=C(c1ccco1)N1C[C@@H]2C[C@H](C1)c1c(-c3cccs3)ccc(=O)n1C2. The monoisotopic (exact) mass is 366 g/mol. The summed E-state index contributed by atoms with van der Waals surface area (Å²) in [7, 11) is 0. The van der Waals surface area contributed by atoms with E-state index in [1.165, 1.54) is 11.1 Å². The molecule has 26 heavy (non-hydrogen) atoms. The predicted octanol–water partition coefficient (Wildman–Crippen LogP) is 3.43. The lowest BCUT2D eigenvalue weighted by atomic mass is 9.81. The molecule has 0 radical (unpaired) electrons. The Hall–Kier alpha value is -2.60. The summed E-state index contributed by atoms with van der Waals surface area (Å²) in [6.07, 6.45) is 2.55. The van der Waals surface area contributed by atoms with Gasteiger partial charge in [-0.2, -0.15) is 0 Å². The lowest BCUT2D eigenvalue weighted by Crippen LogP contribution is -2.49. The van der Waals surface area contributed by atoms with Crippen molar-refractivity contribution >= 4 is 17.2 Å². The summed E-state index contributed by atoms with van der Waals surface area (Å²) in [6.45, 7) is 1.97. The second-order valence-corrected chi connectivity index (χ2v) is 7.99. The van der Waals surface area contributed by atoms with Crippen molar-refractivity contribution in [2.75, 3.05) is 13.1 Å². The number of rotatable bonds is 2. The maximum Gasteiger partial charge on any atom is 0.289 e. The van der Waals surface area contributed by atoms with E-state index in [4.69, 9.17) is 4.42 Å². The van der Waals surface area contributed by atoms with Gasteiger partial charge in [0.25, 0.3) is 11.5 Å². The van der Waals surface area contributed by atoms with Crippen LogP contribution in [0.3, 0.4) is 0 Å². The minimum absolute atomic E-state index is 0.0563. The van der Waals surface area contributed by atoms with Crippen LogP contribution in [0.25, 0.3) is 10.4 Å². The molecule has 2 bridgehead atoms. The second kappa shape index (κ2) is 5.99. The number of furan rings is 1. The molecule has 1 fully saturated rings. The van der Waals surface area contributed by atoms with E-state index in [0.717, 1.165) is 17.7 Å². The average Bonchev–Trinajstić information content (AvgIpc) is 3.35. The van der Waals surface area contributed by atoms with Gasteiger partial charge in [0.05, 0.1) is 6.26 Å². The van der Waals surface area contributed by atoms with Crippen molar-refractivity contribution in [3.8, 4) is 10.4 Å². The highest BCUT2D eigenvalue weighted by Crippen LogP contribution is 2.41. The number of hydrogen-bond acceptors (Lipinski definition) is 4. The van der Waals surface area contributed by atoms with Crippen LogP contribution >= 0.6 is 11.3 Å². The summed E-state index contributed by atoms with van der Waals surface area (Å²) in [5.41, 5.74) is 2.25. The maximum atomic E-state index is 12.8. The number of fused-ring (bicyclic) bond motifs is 4. The first-order chi connectivity index (χ1) is 12.7. The predicted molar refractivity (Wildman–Crippen MR) is 99.5 cm³/mol. The highest BCUT2D eigenvalue weighted by Gasteiger charge is 2.38. The van der Waals surface area contributed by atoms with Crippen LogP contribution in [0.5, 0.6) is 0 Å². The van der Waals surface area contributed by atoms with E-state index in [9.17, 15) is 9.59 Å². The van der Waals surface area contributed by atoms with Gasteiger partial charge in [-0.3, -0.25) is 9.59 Å². The topological polar surface area (TPSA) is 55.5 Å². The van der Waals surface area contributed by atoms with Crippen molar-refractivity contribution < 1.29 is 9.21 Å². The van der Waals surface area contributed by atoms with Gasteiger partial charge in [0.1, 0.15) is 0 Å². The number of carbonyl (C=O) groups excluding carboxylic acids is 1. The average molecular weight is 366 g/mol. The van der Waals surface area contributed by atoms with E-state index in [1.807, 2.05) is 21.6 Å². The van der Waals surface area contributed by atoms with Gasteiger partial charge in [0.15, 0.2) is 5.76 Å². The zero-order chi connectivity index (χ0) is 17.7. The molecule has 6 heteroatoms. The third-order valence-corrected chi connectivity index (χ3v) is 6.30. The number of aromatic nitrogens is 1. The first-order valence-corrected chi connectivity index (χ1v) is 9.69. The van der Waals surface area contributed by atoms with E-state index in [1.54, 1.807) is 29.5 Å². The Morgan fingerprint density at radius 2 is 2.04 bits per heavy atom. The molecule has 132 valence electrons. The van der Waals surface area contributed by atoms with E-state index in [-0.39, 0.29) is 17.4 Å². The fourth-order valence-corrected chi connectivity index (χ4v) is 5.14. The summed E-state index contributed by atoms with van der Waals surface area (Å²) in [4.78, 5) is 28.3. The molecule has 5 nitrogen and oxygen atoms in total. The highest BCUT2D eigenvalue weighted by molar-refractivity contribution is 7.13. The molecular weight excluding hydrogens is 348 g/mol.